The van der Waals surface area contributed by atoms with Crippen molar-refractivity contribution in [3.8, 4) is 0 Å². The van der Waals surface area contributed by atoms with Crippen LogP contribution in [0.1, 0.15) is 42.3 Å². The molecule has 2 N–H and O–H groups in total. The van der Waals surface area contributed by atoms with Crippen LogP contribution >= 0.6 is 0 Å². The van der Waals surface area contributed by atoms with E-state index in [-0.39, 0.29) is 5.56 Å². The lowest BCUT2D eigenvalue weighted by molar-refractivity contribution is 0.0959. The summed E-state index contributed by atoms with van der Waals surface area (Å²) < 4.78 is 5.16. The first-order valence-corrected chi connectivity index (χ1v) is 6.20. The molecule has 1 amide bonds. The van der Waals surface area contributed by atoms with Crippen molar-refractivity contribution in [2.24, 2.45) is 0 Å². The summed E-state index contributed by atoms with van der Waals surface area (Å²) in [5, 5.41) is 5.29. The monoisotopic (exact) mass is 252 g/mol. The molecular weight excluding hydrogens is 232 g/mol. The Balaban J connectivity index is 3.03. The molecular formula is C13H20N2O3. The van der Waals surface area contributed by atoms with Crippen LogP contribution in [0.3, 0.4) is 0 Å². The molecule has 0 saturated heterocycles. The Kier molecular flexibility index (Phi) is 5.42. The maximum absolute atomic E-state index is 11.8. The number of hydrogen-bond acceptors (Lipinski definition) is 4. The molecule has 0 aliphatic carbocycles. The van der Waals surface area contributed by atoms with Gasteiger partial charge in [0.15, 0.2) is 0 Å². The molecule has 100 valence electrons. The molecule has 0 spiro atoms. The van der Waals surface area contributed by atoms with Crippen LogP contribution in [0.4, 0.5) is 5.69 Å². The minimum atomic E-state index is -0.590. The van der Waals surface area contributed by atoms with E-state index in [9.17, 15) is 9.59 Å². The highest BCUT2D eigenvalue weighted by molar-refractivity contribution is 5.98. The standard InChI is InChI=1S/C13H20N2O3/c1-4-5-6-7-9-8-10(14-2)11(12(16)15-3)13(17)18-9/h8,14H,4-7H2,1-3H3,(H,15,16). The number of carbonyl (C=O) groups is 1. The third-order valence-electron chi connectivity index (χ3n) is 2.75. The van der Waals surface area contributed by atoms with Gasteiger partial charge >= 0.3 is 5.63 Å². The van der Waals surface area contributed by atoms with Gasteiger partial charge in [0.05, 0.1) is 5.69 Å². The van der Waals surface area contributed by atoms with E-state index >= 15 is 0 Å². The van der Waals surface area contributed by atoms with Gasteiger partial charge in [-0.25, -0.2) is 4.79 Å². The molecule has 0 unspecified atom stereocenters. The number of hydrogen-bond donors (Lipinski definition) is 2. The van der Waals surface area contributed by atoms with Gasteiger partial charge in [0.2, 0.25) is 0 Å². The molecule has 0 radical (unpaired) electrons. The summed E-state index contributed by atoms with van der Waals surface area (Å²) >= 11 is 0. The van der Waals surface area contributed by atoms with Gasteiger partial charge in [-0.2, -0.15) is 0 Å². The van der Waals surface area contributed by atoms with Crippen molar-refractivity contribution in [1.82, 2.24) is 5.32 Å². The van der Waals surface area contributed by atoms with Gasteiger partial charge in [0, 0.05) is 26.6 Å². The number of amides is 1. The zero-order valence-electron chi connectivity index (χ0n) is 11.1. The molecule has 1 rings (SSSR count). The zero-order valence-corrected chi connectivity index (χ0v) is 11.1. The number of carbonyl (C=O) groups excluding carboxylic acids is 1. The van der Waals surface area contributed by atoms with Crippen LogP contribution in [-0.4, -0.2) is 20.0 Å². The van der Waals surface area contributed by atoms with Crippen LogP contribution in [0.25, 0.3) is 0 Å². The van der Waals surface area contributed by atoms with Crippen molar-refractivity contribution in [2.45, 2.75) is 32.6 Å². The summed E-state index contributed by atoms with van der Waals surface area (Å²) in [4.78, 5) is 23.4. The Morgan fingerprint density at radius 2 is 2.06 bits per heavy atom. The van der Waals surface area contributed by atoms with Crippen LogP contribution in [0.5, 0.6) is 0 Å². The van der Waals surface area contributed by atoms with Crippen LogP contribution in [0, 0.1) is 0 Å². The fraction of sp³-hybridized carbons (Fsp3) is 0.538. The van der Waals surface area contributed by atoms with Crippen molar-refractivity contribution < 1.29 is 9.21 Å². The highest BCUT2D eigenvalue weighted by atomic mass is 16.4. The molecule has 0 saturated carbocycles. The number of rotatable bonds is 6. The van der Waals surface area contributed by atoms with E-state index in [4.69, 9.17) is 4.42 Å². The van der Waals surface area contributed by atoms with Gasteiger partial charge in [-0.05, 0) is 6.42 Å². The lowest BCUT2D eigenvalue weighted by Gasteiger charge is -2.08. The van der Waals surface area contributed by atoms with Crippen molar-refractivity contribution >= 4 is 11.6 Å². The van der Waals surface area contributed by atoms with E-state index in [0.29, 0.717) is 17.9 Å². The molecule has 5 nitrogen and oxygen atoms in total. The number of anilines is 1. The molecule has 0 fully saturated rings. The van der Waals surface area contributed by atoms with Crippen molar-refractivity contribution in [3.05, 3.63) is 27.8 Å². The summed E-state index contributed by atoms with van der Waals surface area (Å²) in [5.41, 5.74) is -0.0518. The zero-order chi connectivity index (χ0) is 13.5. The molecule has 0 aliphatic heterocycles. The van der Waals surface area contributed by atoms with Gasteiger partial charge in [-0.1, -0.05) is 19.8 Å². The molecule has 0 aromatic carbocycles. The number of aryl methyl sites for hydroxylation is 1. The Morgan fingerprint density at radius 1 is 1.33 bits per heavy atom. The van der Waals surface area contributed by atoms with E-state index in [1.807, 2.05) is 0 Å². The van der Waals surface area contributed by atoms with Gasteiger partial charge in [0.25, 0.3) is 5.91 Å². The molecule has 1 aromatic heterocycles. The molecule has 0 bridgehead atoms. The minimum absolute atomic E-state index is 0.0271. The molecule has 1 heterocycles. The first-order chi connectivity index (χ1) is 8.63. The molecule has 5 heteroatoms. The van der Waals surface area contributed by atoms with E-state index in [1.54, 1.807) is 13.1 Å². The fourth-order valence-electron chi connectivity index (χ4n) is 1.75. The Bertz CT molecular complexity index is 466. The number of unbranched alkanes of at least 4 members (excludes halogenated alkanes) is 2. The van der Waals surface area contributed by atoms with Gasteiger partial charge in [-0.15, -0.1) is 0 Å². The summed E-state index contributed by atoms with van der Waals surface area (Å²) in [6.07, 6.45) is 3.89. The normalized spacial score (nSPS) is 10.2. The second kappa shape index (κ2) is 6.83. The van der Waals surface area contributed by atoms with Crippen LogP contribution < -0.4 is 16.3 Å². The maximum atomic E-state index is 11.8. The average molecular weight is 252 g/mol. The second-order valence-corrected chi connectivity index (χ2v) is 4.08. The second-order valence-electron chi connectivity index (χ2n) is 4.08. The SMILES string of the molecule is CCCCCc1cc(NC)c(C(=O)NC)c(=O)o1. The topological polar surface area (TPSA) is 71.3 Å². The fourth-order valence-corrected chi connectivity index (χ4v) is 1.75. The van der Waals surface area contributed by atoms with Crippen LogP contribution in [0.2, 0.25) is 0 Å². The van der Waals surface area contributed by atoms with Gasteiger partial charge in [0.1, 0.15) is 11.3 Å². The first kappa shape index (κ1) is 14.3. The maximum Gasteiger partial charge on any atom is 0.350 e. The van der Waals surface area contributed by atoms with E-state index < -0.39 is 11.5 Å². The molecule has 0 atom stereocenters. The predicted octanol–water partition coefficient (Wildman–Crippen LogP) is 1.77. The highest BCUT2D eigenvalue weighted by Gasteiger charge is 2.17. The lowest BCUT2D eigenvalue weighted by atomic mass is 10.1. The third kappa shape index (κ3) is 3.35. The molecule has 1 aromatic rings. The summed E-state index contributed by atoms with van der Waals surface area (Å²) in [5.74, 6) is 0.179. The summed E-state index contributed by atoms with van der Waals surface area (Å²) in [6.45, 7) is 2.11. The van der Waals surface area contributed by atoms with Gasteiger partial charge < -0.3 is 15.1 Å². The summed E-state index contributed by atoms with van der Waals surface area (Å²) in [6, 6.07) is 1.72. The largest absolute Gasteiger partial charge is 0.427 e. The average Bonchev–Trinajstić information content (AvgIpc) is 2.37. The number of nitrogens with one attached hydrogen (secondary N) is 2. The summed E-state index contributed by atoms with van der Waals surface area (Å²) in [7, 11) is 3.16. The first-order valence-electron chi connectivity index (χ1n) is 6.20. The quantitative estimate of drug-likeness (QED) is 0.757. The van der Waals surface area contributed by atoms with Crippen molar-refractivity contribution in [1.29, 1.82) is 0 Å². The third-order valence-corrected chi connectivity index (χ3v) is 2.75. The van der Waals surface area contributed by atoms with Crippen LogP contribution in [0.15, 0.2) is 15.3 Å². The molecule has 0 aliphatic rings. The highest BCUT2D eigenvalue weighted by Crippen LogP contribution is 2.15. The molecule has 18 heavy (non-hydrogen) atoms. The van der Waals surface area contributed by atoms with E-state index in [1.165, 1.54) is 7.05 Å². The minimum Gasteiger partial charge on any atom is -0.427 e. The Morgan fingerprint density at radius 3 is 2.61 bits per heavy atom. The predicted molar refractivity (Wildman–Crippen MR) is 71.1 cm³/mol. The van der Waals surface area contributed by atoms with E-state index in [0.717, 1.165) is 19.3 Å². The van der Waals surface area contributed by atoms with Gasteiger partial charge in [-0.3, -0.25) is 4.79 Å². The van der Waals surface area contributed by atoms with Crippen molar-refractivity contribution in [2.75, 3.05) is 19.4 Å². The van der Waals surface area contributed by atoms with Crippen LogP contribution in [-0.2, 0) is 6.42 Å². The smallest absolute Gasteiger partial charge is 0.350 e. The Hall–Kier alpha value is -1.78. The lowest BCUT2D eigenvalue weighted by Crippen LogP contribution is -2.26. The Labute approximate surface area is 107 Å². The van der Waals surface area contributed by atoms with E-state index in [2.05, 4.69) is 17.6 Å². The van der Waals surface area contributed by atoms with Crippen molar-refractivity contribution in [3.63, 3.8) is 0 Å².